The quantitative estimate of drug-likeness (QED) is 0.577. The number of anilines is 1. The number of hydrogen-bond acceptors (Lipinski definition) is 7. The molecule has 0 radical (unpaired) electrons. The second kappa shape index (κ2) is 9.33. The largest absolute Gasteiger partial charge is 0.483 e. The highest BCUT2D eigenvalue weighted by molar-refractivity contribution is 7.99. The van der Waals surface area contributed by atoms with Crippen LogP contribution in [0.4, 0.5) is 5.95 Å². The van der Waals surface area contributed by atoms with E-state index in [0.717, 1.165) is 48.7 Å². The summed E-state index contributed by atoms with van der Waals surface area (Å²) in [5, 5.41) is 11.1. The number of rotatable bonds is 3. The lowest BCUT2D eigenvalue weighted by Crippen LogP contribution is -2.48. The first-order valence-electron chi connectivity index (χ1n) is 10.7. The molecular formula is C22H28N6O3S. The van der Waals surface area contributed by atoms with Crippen molar-refractivity contribution >= 4 is 29.7 Å². The molecule has 32 heavy (non-hydrogen) atoms. The molecule has 2 aliphatic rings. The van der Waals surface area contributed by atoms with Gasteiger partial charge in [0, 0.05) is 37.3 Å². The maximum atomic E-state index is 13.0. The molecule has 5 rings (SSSR count). The van der Waals surface area contributed by atoms with Gasteiger partial charge in [-0.15, -0.1) is 0 Å². The van der Waals surface area contributed by atoms with Crippen LogP contribution in [-0.4, -0.2) is 49.9 Å². The molecule has 1 saturated heterocycles. The summed E-state index contributed by atoms with van der Waals surface area (Å²) in [6, 6.07) is 6.22. The summed E-state index contributed by atoms with van der Waals surface area (Å²) in [6.07, 6.45) is 11.2. The third-order valence-electron chi connectivity index (χ3n) is 6.75. The predicted octanol–water partition coefficient (Wildman–Crippen LogP) is 2.38. The molecule has 170 valence electrons. The van der Waals surface area contributed by atoms with Crippen molar-refractivity contribution in [1.29, 1.82) is 0 Å². The molecule has 1 atom stereocenters. The Morgan fingerprint density at radius 1 is 1.25 bits per heavy atom. The number of carboxylic acid groups (broad SMARTS) is 1. The van der Waals surface area contributed by atoms with Crippen molar-refractivity contribution in [2.45, 2.75) is 47.9 Å². The highest BCUT2D eigenvalue weighted by Gasteiger charge is 2.43. The minimum Gasteiger partial charge on any atom is -0.483 e. The van der Waals surface area contributed by atoms with E-state index in [1.165, 1.54) is 24.6 Å². The Labute approximate surface area is 190 Å². The fourth-order valence-electron chi connectivity index (χ4n) is 4.95. The smallest absolute Gasteiger partial charge is 0.290 e. The van der Waals surface area contributed by atoms with Crippen LogP contribution in [0.1, 0.15) is 32.1 Å². The van der Waals surface area contributed by atoms with Crippen LogP contribution in [0.3, 0.4) is 0 Å². The summed E-state index contributed by atoms with van der Waals surface area (Å²) >= 11 is 1.44. The molecule has 3 aromatic rings. The van der Waals surface area contributed by atoms with Gasteiger partial charge in [-0.05, 0) is 49.3 Å². The monoisotopic (exact) mass is 456 g/mol. The van der Waals surface area contributed by atoms with Gasteiger partial charge >= 0.3 is 0 Å². The van der Waals surface area contributed by atoms with E-state index in [2.05, 4.69) is 15.0 Å². The molecule has 10 heteroatoms. The highest BCUT2D eigenvalue weighted by Crippen LogP contribution is 2.45. The number of fused-ring (bicyclic) bond motifs is 1. The number of pyridine rings is 1. The first-order valence-corrected chi connectivity index (χ1v) is 11.6. The van der Waals surface area contributed by atoms with E-state index in [1.54, 1.807) is 17.0 Å². The molecule has 2 fully saturated rings. The van der Waals surface area contributed by atoms with Gasteiger partial charge in [-0.2, -0.15) is 5.10 Å². The summed E-state index contributed by atoms with van der Waals surface area (Å²) in [4.78, 5) is 29.9. The van der Waals surface area contributed by atoms with Crippen molar-refractivity contribution in [3.8, 4) is 0 Å². The van der Waals surface area contributed by atoms with Gasteiger partial charge in [0.15, 0.2) is 0 Å². The minimum absolute atomic E-state index is 0.0145. The van der Waals surface area contributed by atoms with Crippen molar-refractivity contribution in [3.63, 3.8) is 0 Å². The van der Waals surface area contributed by atoms with Crippen molar-refractivity contribution in [2.75, 3.05) is 18.0 Å². The number of hydrogen-bond donors (Lipinski definition) is 2. The first-order chi connectivity index (χ1) is 15.5. The van der Waals surface area contributed by atoms with Crippen molar-refractivity contribution in [3.05, 3.63) is 47.1 Å². The summed E-state index contributed by atoms with van der Waals surface area (Å²) in [5.74, 6) is 0.753. The van der Waals surface area contributed by atoms with E-state index in [1.807, 2.05) is 36.0 Å². The summed E-state index contributed by atoms with van der Waals surface area (Å²) in [7, 11) is 1.82. The van der Waals surface area contributed by atoms with E-state index >= 15 is 0 Å². The van der Waals surface area contributed by atoms with Crippen LogP contribution in [0.5, 0.6) is 0 Å². The zero-order chi connectivity index (χ0) is 22.7. The van der Waals surface area contributed by atoms with Crippen LogP contribution in [-0.2, 0) is 11.8 Å². The van der Waals surface area contributed by atoms with Gasteiger partial charge in [0.1, 0.15) is 0 Å². The van der Waals surface area contributed by atoms with E-state index in [0.29, 0.717) is 16.4 Å². The van der Waals surface area contributed by atoms with Gasteiger partial charge in [-0.1, -0.05) is 18.2 Å². The molecule has 9 nitrogen and oxygen atoms in total. The van der Waals surface area contributed by atoms with Gasteiger partial charge in [-0.25, -0.2) is 9.50 Å². The second-order valence-corrected chi connectivity index (χ2v) is 9.46. The number of nitrogens with zero attached hydrogens (tertiary/aromatic N) is 5. The molecule has 0 bridgehead atoms. The van der Waals surface area contributed by atoms with Crippen LogP contribution in [0.15, 0.2) is 51.4 Å². The Morgan fingerprint density at radius 3 is 2.69 bits per heavy atom. The molecule has 4 heterocycles. The van der Waals surface area contributed by atoms with E-state index < -0.39 is 0 Å². The fraction of sp³-hybridized carbons (Fsp3) is 0.455. The number of carbonyl (C=O) groups is 1. The molecule has 1 saturated carbocycles. The maximum absolute atomic E-state index is 13.0. The summed E-state index contributed by atoms with van der Waals surface area (Å²) < 4.78 is 3.50. The topological polar surface area (TPSA) is 119 Å². The zero-order valence-electron chi connectivity index (χ0n) is 18.1. The molecule has 1 aliphatic heterocycles. The lowest BCUT2D eigenvalue weighted by Gasteiger charge is -2.42. The average molecular weight is 457 g/mol. The van der Waals surface area contributed by atoms with Crippen LogP contribution in [0.25, 0.3) is 5.52 Å². The molecule has 0 aromatic carbocycles. The van der Waals surface area contributed by atoms with Crippen LogP contribution in [0.2, 0.25) is 0 Å². The lowest BCUT2D eigenvalue weighted by atomic mass is 9.74. The third-order valence-corrected chi connectivity index (χ3v) is 7.81. The van der Waals surface area contributed by atoms with Crippen molar-refractivity contribution < 1.29 is 9.90 Å². The zero-order valence-corrected chi connectivity index (χ0v) is 18.9. The normalized spacial score (nSPS) is 19.7. The Hall–Kier alpha value is -2.85. The van der Waals surface area contributed by atoms with E-state index in [4.69, 9.17) is 15.6 Å². The lowest BCUT2D eigenvalue weighted by molar-refractivity contribution is -0.122. The molecule has 0 unspecified atom stereocenters. The minimum atomic E-state index is -0.250. The molecular weight excluding hydrogens is 428 g/mol. The highest BCUT2D eigenvalue weighted by atomic mass is 32.2. The molecule has 1 aliphatic carbocycles. The van der Waals surface area contributed by atoms with Crippen LogP contribution in [0, 0.1) is 5.41 Å². The van der Waals surface area contributed by atoms with Gasteiger partial charge in [-0.3, -0.25) is 14.2 Å². The summed E-state index contributed by atoms with van der Waals surface area (Å²) in [5.41, 5.74) is 7.68. The van der Waals surface area contributed by atoms with E-state index in [-0.39, 0.29) is 12.0 Å². The van der Waals surface area contributed by atoms with Gasteiger partial charge in [0.05, 0.1) is 22.8 Å². The molecule has 3 N–H and O–H groups in total. The maximum Gasteiger partial charge on any atom is 0.290 e. The number of piperidine rings is 1. The molecule has 1 spiro atoms. The average Bonchev–Trinajstić information content (AvgIpc) is 3.41. The molecule has 3 aromatic heterocycles. The van der Waals surface area contributed by atoms with Gasteiger partial charge in [0.2, 0.25) is 5.95 Å². The Balaban J connectivity index is 0.000000775. The van der Waals surface area contributed by atoms with Crippen LogP contribution >= 0.6 is 11.8 Å². The standard InChI is InChI=1S/C21H26N6OS.CH2O2/c1-25-19(28)17(29-16-4-3-11-27-15(16)6-10-24-27)14-23-20(25)26-12-8-21(9-13-26)7-2-5-18(21)22;2-1-3/h3-4,6,10-11,14,18H,2,5,7-9,12-13,22H2,1H3;1H,(H,2,3)/t18-;/m1./s1. The number of nitrogens with two attached hydrogens (primary N) is 1. The molecule has 0 amide bonds. The SMILES string of the molecule is Cn1c(N2CCC3(CCC[C@H]3N)CC2)ncc(Sc2cccn3nccc23)c1=O.O=CO. The van der Waals surface area contributed by atoms with Crippen molar-refractivity contribution in [1.82, 2.24) is 19.2 Å². The first kappa shape index (κ1) is 22.3. The third kappa shape index (κ3) is 4.12. The van der Waals surface area contributed by atoms with Crippen LogP contribution < -0.4 is 16.2 Å². The second-order valence-electron chi connectivity index (χ2n) is 8.38. The fourth-order valence-corrected chi connectivity index (χ4v) is 5.93. The Bertz CT molecular complexity index is 1150. The predicted molar refractivity (Wildman–Crippen MR) is 123 cm³/mol. The summed E-state index contributed by atoms with van der Waals surface area (Å²) in [6.45, 7) is 1.57. The van der Waals surface area contributed by atoms with E-state index in [9.17, 15) is 4.79 Å². The Kier molecular flexibility index (Phi) is 6.52. The Morgan fingerprint density at radius 2 is 2.00 bits per heavy atom. The van der Waals surface area contributed by atoms with Gasteiger partial charge < -0.3 is 15.7 Å². The van der Waals surface area contributed by atoms with Crippen molar-refractivity contribution in [2.24, 2.45) is 18.2 Å². The van der Waals surface area contributed by atoms with Gasteiger partial charge in [0.25, 0.3) is 12.0 Å². The number of aromatic nitrogens is 4.